The predicted octanol–water partition coefficient (Wildman–Crippen LogP) is 1.75. The number of piperazine rings is 1. The van der Waals surface area contributed by atoms with Crippen molar-refractivity contribution in [3.8, 4) is 0 Å². The number of carbonyl (C=O) groups is 2. The predicted molar refractivity (Wildman–Crippen MR) is 116 cm³/mol. The van der Waals surface area contributed by atoms with Gasteiger partial charge in [-0.25, -0.2) is 0 Å². The molecule has 1 amide bonds. The molecule has 1 aliphatic rings. The van der Waals surface area contributed by atoms with Crippen LogP contribution in [0.2, 0.25) is 0 Å². The molecule has 0 aromatic heterocycles. The van der Waals surface area contributed by atoms with E-state index in [1.54, 1.807) is 20.8 Å². The van der Waals surface area contributed by atoms with Crippen molar-refractivity contribution < 1.29 is 14.3 Å². The first kappa shape index (κ1) is 23.2. The largest absolute Gasteiger partial charge is 0.455 e. The van der Waals surface area contributed by atoms with Gasteiger partial charge in [-0.2, -0.15) is 0 Å². The van der Waals surface area contributed by atoms with Crippen LogP contribution in [0.3, 0.4) is 0 Å². The summed E-state index contributed by atoms with van der Waals surface area (Å²) in [6.07, 6.45) is 0. The minimum absolute atomic E-state index is 0.0854. The zero-order chi connectivity index (χ0) is 21.6. The van der Waals surface area contributed by atoms with Crippen molar-refractivity contribution in [2.24, 2.45) is 5.41 Å². The van der Waals surface area contributed by atoms with E-state index in [4.69, 9.17) is 4.74 Å². The molecule has 0 aliphatic carbocycles. The maximum absolute atomic E-state index is 12.3. The molecule has 0 saturated carbocycles. The average Bonchev–Trinajstić information content (AvgIpc) is 2.67. The summed E-state index contributed by atoms with van der Waals surface area (Å²) in [7, 11) is 6.17. The number of carbonyl (C=O) groups excluding carboxylic acids is 2. The molecule has 1 N–H and O–H groups in total. The number of hydrogen-bond donors (Lipinski definition) is 1. The van der Waals surface area contributed by atoms with E-state index in [0.717, 1.165) is 31.9 Å². The molecule has 0 spiro atoms. The van der Waals surface area contributed by atoms with E-state index in [-0.39, 0.29) is 24.5 Å². The molecule has 1 saturated heterocycles. The zero-order valence-electron chi connectivity index (χ0n) is 18.7. The Morgan fingerprint density at radius 2 is 1.69 bits per heavy atom. The van der Waals surface area contributed by atoms with E-state index >= 15 is 0 Å². The topological polar surface area (TPSA) is 65.1 Å². The lowest BCUT2D eigenvalue weighted by atomic mass is 9.97. The number of anilines is 1. The van der Waals surface area contributed by atoms with Gasteiger partial charge in [0.2, 0.25) is 0 Å². The van der Waals surface area contributed by atoms with Gasteiger partial charge < -0.3 is 19.9 Å². The van der Waals surface area contributed by atoms with Crippen molar-refractivity contribution in [2.75, 3.05) is 65.4 Å². The average molecular weight is 405 g/mol. The van der Waals surface area contributed by atoms with Crippen LogP contribution in [0.5, 0.6) is 0 Å². The monoisotopic (exact) mass is 404 g/mol. The number of benzene rings is 1. The first-order chi connectivity index (χ1) is 13.6. The summed E-state index contributed by atoms with van der Waals surface area (Å²) in [5.41, 5.74) is 1.70. The number of likely N-dealkylation sites (N-methyl/N-ethyl adjacent to an activating group) is 1. The van der Waals surface area contributed by atoms with Gasteiger partial charge in [0.25, 0.3) is 5.91 Å². The van der Waals surface area contributed by atoms with E-state index < -0.39 is 5.41 Å². The van der Waals surface area contributed by atoms with Crippen LogP contribution in [0.4, 0.5) is 5.69 Å². The Labute approximate surface area is 175 Å². The molecular formula is C22H36N4O3. The lowest BCUT2D eigenvalue weighted by molar-refractivity contribution is -0.156. The van der Waals surface area contributed by atoms with Gasteiger partial charge in [0.15, 0.2) is 6.61 Å². The highest BCUT2D eigenvalue weighted by molar-refractivity contribution is 5.82. The standard InChI is InChI=1S/C22H36N4O3/c1-22(2,3)21(28)29-16-20(27)23-15-19(26-13-11-25(6)12-14-26)17-7-9-18(10-8-17)24(4)5/h7-10,19H,11-16H2,1-6H3,(H,23,27)/t19-/m1/s1. The second kappa shape index (κ2) is 10.1. The van der Waals surface area contributed by atoms with E-state index in [2.05, 4.69) is 51.3 Å². The highest BCUT2D eigenvalue weighted by Gasteiger charge is 2.26. The van der Waals surface area contributed by atoms with E-state index in [1.807, 2.05) is 14.1 Å². The van der Waals surface area contributed by atoms with Gasteiger partial charge >= 0.3 is 5.97 Å². The molecule has 2 rings (SSSR count). The first-order valence-corrected chi connectivity index (χ1v) is 10.2. The van der Waals surface area contributed by atoms with Gasteiger partial charge in [-0.3, -0.25) is 14.5 Å². The molecule has 7 nitrogen and oxygen atoms in total. The van der Waals surface area contributed by atoms with E-state index in [0.29, 0.717) is 6.54 Å². The first-order valence-electron chi connectivity index (χ1n) is 10.2. The quantitative estimate of drug-likeness (QED) is 0.699. The number of amides is 1. The molecule has 7 heteroatoms. The molecular weight excluding hydrogens is 368 g/mol. The van der Waals surface area contributed by atoms with Gasteiger partial charge in [-0.1, -0.05) is 12.1 Å². The van der Waals surface area contributed by atoms with Crippen LogP contribution in [0.15, 0.2) is 24.3 Å². The highest BCUT2D eigenvalue weighted by Crippen LogP contribution is 2.24. The van der Waals surface area contributed by atoms with Crippen LogP contribution >= 0.6 is 0 Å². The SMILES string of the molecule is CN1CCN([C@H](CNC(=O)COC(=O)C(C)(C)C)c2ccc(N(C)C)cc2)CC1. The fourth-order valence-electron chi connectivity index (χ4n) is 3.20. The minimum atomic E-state index is -0.614. The number of ether oxygens (including phenoxy) is 1. The van der Waals surface area contributed by atoms with Crippen LogP contribution in [-0.4, -0.2) is 82.1 Å². The van der Waals surface area contributed by atoms with Crippen LogP contribution in [0.25, 0.3) is 0 Å². The molecule has 1 aromatic rings. The Balaban J connectivity index is 2.02. The Hall–Kier alpha value is -2.12. The van der Waals surface area contributed by atoms with Crippen molar-refractivity contribution in [2.45, 2.75) is 26.8 Å². The summed E-state index contributed by atoms with van der Waals surface area (Å²) in [4.78, 5) is 30.9. The summed E-state index contributed by atoms with van der Waals surface area (Å²) in [6, 6.07) is 8.55. The smallest absolute Gasteiger partial charge is 0.311 e. The molecule has 1 atom stereocenters. The summed E-state index contributed by atoms with van der Waals surface area (Å²) < 4.78 is 5.13. The third kappa shape index (κ3) is 7.01. The maximum Gasteiger partial charge on any atom is 0.311 e. The van der Waals surface area contributed by atoms with Gasteiger partial charge in [-0.05, 0) is 45.5 Å². The summed E-state index contributed by atoms with van der Waals surface area (Å²) >= 11 is 0. The van der Waals surface area contributed by atoms with Crippen LogP contribution in [0, 0.1) is 5.41 Å². The number of nitrogens with zero attached hydrogens (tertiary/aromatic N) is 3. The molecule has 1 fully saturated rings. The summed E-state index contributed by atoms with van der Waals surface area (Å²) in [5, 5.41) is 2.95. The van der Waals surface area contributed by atoms with E-state index in [1.165, 1.54) is 5.56 Å². The van der Waals surface area contributed by atoms with Gasteiger partial charge in [0.1, 0.15) is 0 Å². The third-order valence-corrected chi connectivity index (χ3v) is 5.21. The normalized spacial score (nSPS) is 16.9. The number of rotatable bonds is 7. The zero-order valence-corrected chi connectivity index (χ0v) is 18.7. The number of hydrogen-bond acceptors (Lipinski definition) is 6. The lowest BCUT2D eigenvalue weighted by Crippen LogP contribution is -2.48. The Bertz CT molecular complexity index is 674. The van der Waals surface area contributed by atoms with Gasteiger partial charge in [-0.15, -0.1) is 0 Å². The minimum Gasteiger partial charge on any atom is -0.455 e. The molecule has 29 heavy (non-hydrogen) atoms. The molecule has 1 aliphatic heterocycles. The van der Waals surface area contributed by atoms with Crippen LogP contribution in [0.1, 0.15) is 32.4 Å². The maximum atomic E-state index is 12.3. The molecule has 0 unspecified atom stereocenters. The van der Waals surface area contributed by atoms with Crippen molar-refractivity contribution in [1.29, 1.82) is 0 Å². The van der Waals surface area contributed by atoms with Crippen molar-refractivity contribution in [3.05, 3.63) is 29.8 Å². The molecule has 0 bridgehead atoms. The fourth-order valence-corrected chi connectivity index (χ4v) is 3.20. The summed E-state index contributed by atoms with van der Waals surface area (Å²) in [5.74, 6) is -0.644. The van der Waals surface area contributed by atoms with Crippen molar-refractivity contribution >= 4 is 17.6 Å². The Kier molecular flexibility index (Phi) is 8.05. The second-order valence-corrected chi connectivity index (χ2v) is 8.97. The second-order valence-electron chi connectivity index (χ2n) is 8.97. The number of esters is 1. The van der Waals surface area contributed by atoms with Gasteiger partial charge in [0, 0.05) is 52.5 Å². The van der Waals surface area contributed by atoms with Crippen molar-refractivity contribution in [1.82, 2.24) is 15.1 Å². The molecule has 0 radical (unpaired) electrons. The Morgan fingerprint density at radius 3 is 2.21 bits per heavy atom. The lowest BCUT2D eigenvalue weighted by Gasteiger charge is -2.38. The molecule has 162 valence electrons. The van der Waals surface area contributed by atoms with Crippen LogP contribution in [-0.2, 0) is 14.3 Å². The number of nitrogens with one attached hydrogen (secondary N) is 1. The highest BCUT2D eigenvalue weighted by atomic mass is 16.5. The van der Waals surface area contributed by atoms with E-state index in [9.17, 15) is 9.59 Å². The molecule has 1 aromatic carbocycles. The van der Waals surface area contributed by atoms with Gasteiger partial charge in [0.05, 0.1) is 11.5 Å². The fraction of sp³-hybridized carbons (Fsp3) is 0.636. The van der Waals surface area contributed by atoms with Crippen molar-refractivity contribution in [3.63, 3.8) is 0 Å². The molecule has 1 heterocycles. The summed E-state index contributed by atoms with van der Waals surface area (Å²) in [6.45, 7) is 9.46. The third-order valence-electron chi connectivity index (χ3n) is 5.21. The Morgan fingerprint density at radius 1 is 1.10 bits per heavy atom. The van der Waals surface area contributed by atoms with Crippen LogP contribution < -0.4 is 10.2 Å².